The van der Waals surface area contributed by atoms with Gasteiger partial charge in [-0.3, -0.25) is 0 Å². The molecule has 1 aromatic rings. The topological polar surface area (TPSA) is 49.4 Å². The zero-order valence-electron chi connectivity index (χ0n) is 11.4. The first-order valence-electron chi connectivity index (χ1n) is 5.50. The van der Waals surface area contributed by atoms with Crippen molar-refractivity contribution in [3.05, 3.63) is 28.3 Å². The molecule has 0 saturated heterocycles. The number of hydrogen-bond acceptors (Lipinski definition) is 3. The van der Waals surface area contributed by atoms with E-state index in [1.54, 1.807) is 6.07 Å². The second kappa shape index (κ2) is 7.39. The maximum atomic E-state index is 10.7. The predicted octanol–water partition coefficient (Wildman–Crippen LogP) is -0.707. The Kier molecular flexibility index (Phi) is 7.30. The minimum Gasteiger partial charge on any atom is -0.546 e. The van der Waals surface area contributed by atoms with Gasteiger partial charge >= 0.3 is 29.6 Å². The average Bonchev–Trinajstić information content (AvgIpc) is 2.22. The number of carboxylic acids is 1. The summed E-state index contributed by atoms with van der Waals surface area (Å²) in [6.07, 6.45) is -0.979. The van der Waals surface area contributed by atoms with Crippen molar-refractivity contribution in [2.75, 3.05) is 0 Å². The molecule has 0 saturated carbocycles. The van der Waals surface area contributed by atoms with Gasteiger partial charge in [0.05, 0.1) is 5.97 Å². The number of carbonyl (C=O) groups excluding carboxylic acids is 1. The van der Waals surface area contributed by atoms with Crippen LogP contribution in [-0.2, 0) is 4.79 Å². The molecule has 3 nitrogen and oxygen atoms in total. The third-order valence-corrected chi connectivity index (χ3v) is 2.96. The molecule has 94 valence electrons. The molecule has 0 aliphatic rings. The van der Waals surface area contributed by atoms with E-state index in [1.807, 2.05) is 26.8 Å². The van der Waals surface area contributed by atoms with Gasteiger partial charge < -0.3 is 14.6 Å². The maximum Gasteiger partial charge on any atom is 1.00 e. The molecule has 1 rings (SSSR count). The molecule has 0 amide bonds. The number of halogens is 1. The van der Waals surface area contributed by atoms with Gasteiger partial charge in [-0.05, 0) is 43.0 Å². The first-order chi connectivity index (χ1) is 7.82. The van der Waals surface area contributed by atoms with Crippen molar-refractivity contribution < 1.29 is 44.2 Å². The Morgan fingerprint density at radius 3 is 2.33 bits per heavy atom. The summed E-state index contributed by atoms with van der Waals surface area (Å²) in [5.41, 5.74) is 1.75. The summed E-state index contributed by atoms with van der Waals surface area (Å²) in [6, 6.07) is 3.58. The third-order valence-electron chi connectivity index (χ3n) is 2.55. The van der Waals surface area contributed by atoms with Gasteiger partial charge in [-0.1, -0.05) is 25.4 Å². The number of benzene rings is 1. The Hall–Kier alpha value is -0.220. The quantitative estimate of drug-likeness (QED) is 0.684. The van der Waals surface area contributed by atoms with E-state index in [1.165, 1.54) is 6.92 Å². The molecule has 0 fully saturated rings. The second-order valence-corrected chi connectivity index (χ2v) is 4.78. The second-order valence-electron chi connectivity index (χ2n) is 4.37. The fraction of sp³-hybridized carbons (Fsp3) is 0.462. The number of carboxylic acid groups (broad SMARTS) is 1. The van der Waals surface area contributed by atoms with Gasteiger partial charge in [0.15, 0.2) is 0 Å². The Bertz CT molecular complexity index is 432. The summed E-state index contributed by atoms with van der Waals surface area (Å²) in [5, 5.41) is 11.3. The number of ether oxygens (including phenoxy) is 1. The van der Waals surface area contributed by atoms with E-state index < -0.39 is 12.1 Å². The summed E-state index contributed by atoms with van der Waals surface area (Å²) in [6.45, 7) is 7.29. The summed E-state index contributed by atoms with van der Waals surface area (Å²) >= 11 is 6.04. The largest absolute Gasteiger partial charge is 1.00 e. The molecular formula is C13H16ClNaO3. The first-order valence-corrected chi connectivity index (χ1v) is 5.88. The molecule has 0 aliphatic heterocycles. The van der Waals surface area contributed by atoms with Gasteiger partial charge in [0, 0.05) is 5.02 Å². The average molecular weight is 279 g/mol. The molecule has 0 radical (unpaired) electrons. The van der Waals surface area contributed by atoms with Crippen molar-refractivity contribution in [2.24, 2.45) is 0 Å². The molecule has 18 heavy (non-hydrogen) atoms. The molecule has 0 heterocycles. The summed E-state index contributed by atoms with van der Waals surface area (Å²) in [5.74, 6) is -0.469. The molecule has 0 unspecified atom stereocenters. The van der Waals surface area contributed by atoms with Crippen LogP contribution in [0.25, 0.3) is 0 Å². The molecular weight excluding hydrogens is 263 g/mol. The number of aliphatic carboxylic acids is 1. The number of hydrogen-bond donors (Lipinski definition) is 0. The molecule has 0 N–H and O–H groups in total. The van der Waals surface area contributed by atoms with Crippen molar-refractivity contribution >= 4 is 17.6 Å². The Morgan fingerprint density at radius 2 is 1.89 bits per heavy atom. The fourth-order valence-electron chi connectivity index (χ4n) is 1.46. The SMILES string of the molecule is Cc1cc(O[C@H](C)C(=O)[O-])c(C(C)C)cc1Cl.[Na+]. The van der Waals surface area contributed by atoms with Crippen molar-refractivity contribution in [2.45, 2.75) is 39.7 Å². The molecule has 0 aromatic heterocycles. The van der Waals surface area contributed by atoms with Crippen LogP contribution in [0.1, 0.15) is 37.8 Å². The molecule has 0 aliphatic carbocycles. The standard InChI is InChI=1S/C13H17ClO3.Na/c1-7(2)10-6-11(14)8(3)5-12(10)17-9(4)13(15)16;/h5-7,9H,1-4H3,(H,15,16);/q;+1/p-1/t9-;/m1./s1. The molecule has 0 spiro atoms. The molecule has 5 heteroatoms. The van der Waals surface area contributed by atoms with Gasteiger partial charge in [0.25, 0.3) is 0 Å². The van der Waals surface area contributed by atoms with E-state index in [4.69, 9.17) is 16.3 Å². The van der Waals surface area contributed by atoms with Crippen molar-refractivity contribution in [1.82, 2.24) is 0 Å². The first kappa shape index (κ1) is 17.8. The third kappa shape index (κ3) is 4.47. The van der Waals surface area contributed by atoms with Crippen molar-refractivity contribution in [3.63, 3.8) is 0 Å². The van der Waals surface area contributed by atoms with Crippen LogP contribution in [0.2, 0.25) is 5.02 Å². The number of aryl methyl sites for hydroxylation is 1. The Balaban J connectivity index is 0.00000289. The van der Waals surface area contributed by atoms with Gasteiger partial charge in [0.2, 0.25) is 0 Å². The van der Waals surface area contributed by atoms with Crippen LogP contribution in [0.4, 0.5) is 0 Å². The minimum absolute atomic E-state index is 0. The fourth-order valence-corrected chi connectivity index (χ4v) is 1.63. The molecule has 0 bridgehead atoms. The molecule has 1 aromatic carbocycles. The van der Waals surface area contributed by atoms with E-state index >= 15 is 0 Å². The van der Waals surface area contributed by atoms with Crippen molar-refractivity contribution in [3.8, 4) is 5.75 Å². The van der Waals surface area contributed by atoms with Gasteiger partial charge in [-0.15, -0.1) is 0 Å². The zero-order valence-corrected chi connectivity index (χ0v) is 14.2. The van der Waals surface area contributed by atoms with E-state index in [0.717, 1.165) is 11.1 Å². The summed E-state index contributed by atoms with van der Waals surface area (Å²) < 4.78 is 5.38. The van der Waals surface area contributed by atoms with E-state index in [9.17, 15) is 9.90 Å². The van der Waals surface area contributed by atoms with Crippen LogP contribution < -0.4 is 39.4 Å². The van der Waals surface area contributed by atoms with E-state index in [0.29, 0.717) is 10.8 Å². The van der Waals surface area contributed by atoms with Gasteiger partial charge in [-0.2, -0.15) is 0 Å². The van der Waals surface area contributed by atoms with Crippen molar-refractivity contribution in [1.29, 1.82) is 0 Å². The Labute approximate surface area is 135 Å². The maximum absolute atomic E-state index is 10.7. The smallest absolute Gasteiger partial charge is 0.546 e. The Morgan fingerprint density at radius 1 is 1.33 bits per heavy atom. The van der Waals surface area contributed by atoms with E-state index in [2.05, 4.69) is 0 Å². The van der Waals surface area contributed by atoms with Crippen LogP contribution in [0.15, 0.2) is 12.1 Å². The monoisotopic (exact) mass is 278 g/mol. The van der Waals surface area contributed by atoms with Gasteiger partial charge in [0.1, 0.15) is 11.9 Å². The minimum atomic E-state index is -1.23. The van der Waals surface area contributed by atoms with E-state index in [-0.39, 0.29) is 35.5 Å². The van der Waals surface area contributed by atoms with Gasteiger partial charge in [-0.25, -0.2) is 0 Å². The summed E-state index contributed by atoms with van der Waals surface area (Å²) in [4.78, 5) is 10.7. The zero-order chi connectivity index (χ0) is 13.2. The number of carbonyl (C=O) groups is 1. The van der Waals surface area contributed by atoms with Crippen LogP contribution in [-0.4, -0.2) is 12.1 Å². The normalized spacial score (nSPS) is 11.9. The summed E-state index contributed by atoms with van der Waals surface area (Å²) in [7, 11) is 0. The molecule has 1 atom stereocenters. The van der Waals surface area contributed by atoms with Crippen LogP contribution in [0.3, 0.4) is 0 Å². The predicted molar refractivity (Wildman–Crippen MR) is 65.4 cm³/mol. The van der Waals surface area contributed by atoms with Crippen LogP contribution in [0, 0.1) is 6.92 Å². The number of rotatable bonds is 4. The van der Waals surface area contributed by atoms with Crippen LogP contribution >= 0.6 is 11.6 Å². The van der Waals surface area contributed by atoms with Crippen LogP contribution in [0.5, 0.6) is 5.75 Å².